The molecular formula is C47H29NO2. The quantitative estimate of drug-likeness (QED) is 0.192. The number of furan rings is 2. The molecule has 10 aromatic rings. The Labute approximate surface area is 288 Å². The molecule has 3 heteroatoms. The summed E-state index contributed by atoms with van der Waals surface area (Å²) >= 11 is 0. The van der Waals surface area contributed by atoms with E-state index < -0.39 is 0 Å². The third kappa shape index (κ3) is 3.98. The summed E-state index contributed by atoms with van der Waals surface area (Å²) in [4.78, 5) is 2.43. The molecule has 3 nitrogen and oxygen atoms in total. The molecule has 0 amide bonds. The van der Waals surface area contributed by atoms with Crippen LogP contribution < -0.4 is 4.90 Å². The topological polar surface area (TPSA) is 29.5 Å². The Kier molecular flexibility index (Phi) is 5.73. The minimum Gasteiger partial charge on any atom is -0.456 e. The lowest BCUT2D eigenvalue weighted by atomic mass is 9.97. The highest BCUT2D eigenvalue weighted by Gasteiger charge is 2.26. The molecule has 0 saturated carbocycles. The number of hydrogen-bond donors (Lipinski definition) is 0. The molecule has 0 atom stereocenters. The van der Waals surface area contributed by atoms with Crippen LogP contribution >= 0.6 is 0 Å². The highest BCUT2D eigenvalue weighted by Crippen LogP contribution is 2.47. The van der Waals surface area contributed by atoms with E-state index in [2.05, 4.69) is 157 Å². The molecule has 0 aliphatic heterocycles. The van der Waals surface area contributed by atoms with Crippen LogP contribution in [0.1, 0.15) is 11.1 Å². The van der Waals surface area contributed by atoms with Crippen molar-refractivity contribution in [2.75, 3.05) is 4.90 Å². The van der Waals surface area contributed by atoms with E-state index in [4.69, 9.17) is 8.83 Å². The molecule has 0 saturated heterocycles. The molecule has 11 rings (SSSR count). The monoisotopic (exact) mass is 639 g/mol. The van der Waals surface area contributed by atoms with Crippen molar-refractivity contribution in [1.29, 1.82) is 0 Å². The van der Waals surface area contributed by atoms with Crippen LogP contribution in [-0.2, 0) is 6.42 Å². The fourth-order valence-electron chi connectivity index (χ4n) is 8.24. The molecular weight excluding hydrogens is 611 g/mol. The third-order valence-electron chi connectivity index (χ3n) is 10.5. The van der Waals surface area contributed by atoms with E-state index >= 15 is 0 Å². The average molecular weight is 640 g/mol. The Hall–Kier alpha value is -6.58. The van der Waals surface area contributed by atoms with Gasteiger partial charge in [0.05, 0.1) is 5.69 Å². The summed E-state index contributed by atoms with van der Waals surface area (Å²) in [5, 5.41) is 6.81. The number of nitrogens with zero attached hydrogens (tertiary/aromatic N) is 1. The summed E-state index contributed by atoms with van der Waals surface area (Å²) in [6, 6.07) is 58.6. The molecule has 234 valence electrons. The van der Waals surface area contributed by atoms with Gasteiger partial charge in [0.2, 0.25) is 0 Å². The maximum absolute atomic E-state index is 6.57. The highest BCUT2D eigenvalue weighted by molar-refractivity contribution is 6.19. The molecule has 0 bridgehead atoms. The van der Waals surface area contributed by atoms with Crippen molar-refractivity contribution in [3.8, 4) is 22.3 Å². The van der Waals surface area contributed by atoms with Crippen molar-refractivity contribution in [2.24, 2.45) is 0 Å². The molecule has 50 heavy (non-hydrogen) atoms. The standard InChI is InChI=1S/C47H29NO2/c1-4-15-36-29(10-1)22-24-39-46-35(17-9-21-45(46)50-47(36)39)30-12-7-13-32(26-30)48(33-23-25-44-41(28-33)38-16-5-6-20-43(38)49-44)42-19-8-18-37-34-14-3-2-11-31(34)27-40(37)42/h1-26,28H,27H2. The minimum atomic E-state index is 0.889. The number of fused-ring (bicyclic) bond motifs is 11. The van der Waals surface area contributed by atoms with Gasteiger partial charge in [-0.2, -0.15) is 0 Å². The van der Waals surface area contributed by atoms with Crippen LogP contribution in [0.25, 0.3) is 76.9 Å². The average Bonchev–Trinajstić information content (AvgIpc) is 3.87. The van der Waals surface area contributed by atoms with Crippen LogP contribution in [0, 0.1) is 0 Å². The molecule has 1 aliphatic carbocycles. The van der Waals surface area contributed by atoms with Gasteiger partial charge in [-0.3, -0.25) is 0 Å². The fraction of sp³-hybridized carbons (Fsp3) is 0.0213. The van der Waals surface area contributed by atoms with Crippen molar-refractivity contribution >= 4 is 71.7 Å². The predicted octanol–water partition coefficient (Wildman–Crippen LogP) is 13.3. The summed E-state index contributed by atoms with van der Waals surface area (Å²) in [7, 11) is 0. The van der Waals surface area contributed by atoms with E-state index in [-0.39, 0.29) is 0 Å². The Bertz CT molecular complexity index is 2980. The molecule has 0 N–H and O–H groups in total. The summed E-state index contributed by atoms with van der Waals surface area (Å²) in [6.45, 7) is 0. The van der Waals surface area contributed by atoms with Gasteiger partial charge in [0.15, 0.2) is 0 Å². The molecule has 0 fully saturated rings. The summed E-state index contributed by atoms with van der Waals surface area (Å²) < 4.78 is 12.8. The van der Waals surface area contributed by atoms with Crippen molar-refractivity contribution in [2.45, 2.75) is 6.42 Å². The maximum atomic E-state index is 6.57. The third-order valence-corrected chi connectivity index (χ3v) is 10.5. The van der Waals surface area contributed by atoms with Crippen molar-refractivity contribution in [1.82, 2.24) is 0 Å². The zero-order valence-corrected chi connectivity index (χ0v) is 27.1. The van der Waals surface area contributed by atoms with E-state index in [1.807, 2.05) is 12.1 Å². The number of hydrogen-bond acceptors (Lipinski definition) is 3. The first kappa shape index (κ1) is 27.4. The van der Waals surface area contributed by atoms with Crippen molar-refractivity contribution < 1.29 is 8.83 Å². The lowest BCUT2D eigenvalue weighted by Crippen LogP contribution is -2.12. The first-order valence-electron chi connectivity index (χ1n) is 17.1. The number of anilines is 3. The molecule has 0 spiro atoms. The van der Waals surface area contributed by atoms with Gasteiger partial charge >= 0.3 is 0 Å². The summed E-state index contributed by atoms with van der Waals surface area (Å²) in [5.74, 6) is 0. The molecule has 8 aromatic carbocycles. The number of para-hydroxylation sites is 1. The second-order valence-electron chi connectivity index (χ2n) is 13.2. The second-order valence-corrected chi connectivity index (χ2v) is 13.2. The van der Waals surface area contributed by atoms with Gasteiger partial charge in [0.1, 0.15) is 22.3 Å². The first-order chi connectivity index (χ1) is 24.8. The molecule has 0 radical (unpaired) electrons. The SMILES string of the molecule is c1cc(-c2cccc3oc4c5ccccc5ccc4c23)cc(N(c2ccc3oc4ccccc4c3c2)c2cccc3c2Cc2ccccc2-3)c1. The summed E-state index contributed by atoms with van der Waals surface area (Å²) in [5.41, 5.74) is 14.6. The van der Waals surface area contributed by atoms with E-state index in [1.165, 1.54) is 33.3 Å². The van der Waals surface area contributed by atoms with Gasteiger partial charge in [0, 0.05) is 44.7 Å². The lowest BCUT2D eigenvalue weighted by molar-refractivity contribution is 0.669. The number of benzene rings is 8. The van der Waals surface area contributed by atoms with Gasteiger partial charge in [-0.1, -0.05) is 109 Å². The predicted molar refractivity (Wildman–Crippen MR) is 207 cm³/mol. The van der Waals surface area contributed by atoms with E-state index in [1.54, 1.807) is 0 Å². The molecule has 0 unspecified atom stereocenters. The first-order valence-corrected chi connectivity index (χ1v) is 17.1. The normalized spacial score (nSPS) is 12.3. The van der Waals surface area contributed by atoms with Gasteiger partial charge in [-0.05, 0) is 93.4 Å². The van der Waals surface area contributed by atoms with E-state index in [0.717, 1.165) is 78.2 Å². The molecule has 1 aliphatic rings. The van der Waals surface area contributed by atoms with Gasteiger partial charge < -0.3 is 13.7 Å². The Morgan fingerprint density at radius 3 is 2.16 bits per heavy atom. The molecule has 2 aromatic heterocycles. The van der Waals surface area contributed by atoms with Gasteiger partial charge in [0.25, 0.3) is 0 Å². The zero-order chi connectivity index (χ0) is 32.8. The largest absolute Gasteiger partial charge is 0.456 e. The Morgan fingerprint density at radius 1 is 0.440 bits per heavy atom. The van der Waals surface area contributed by atoms with Crippen LogP contribution in [0.2, 0.25) is 0 Å². The van der Waals surface area contributed by atoms with Gasteiger partial charge in [-0.25, -0.2) is 0 Å². The van der Waals surface area contributed by atoms with Crippen molar-refractivity contribution in [3.05, 3.63) is 175 Å². The van der Waals surface area contributed by atoms with Crippen LogP contribution in [0.15, 0.2) is 173 Å². The zero-order valence-electron chi connectivity index (χ0n) is 27.1. The highest BCUT2D eigenvalue weighted by atomic mass is 16.3. The van der Waals surface area contributed by atoms with Crippen LogP contribution in [-0.4, -0.2) is 0 Å². The smallest absolute Gasteiger partial charge is 0.143 e. The summed E-state index contributed by atoms with van der Waals surface area (Å²) in [6.07, 6.45) is 0.892. The van der Waals surface area contributed by atoms with Crippen molar-refractivity contribution in [3.63, 3.8) is 0 Å². The number of rotatable bonds is 4. The Morgan fingerprint density at radius 2 is 1.18 bits per heavy atom. The van der Waals surface area contributed by atoms with Gasteiger partial charge in [-0.15, -0.1) is 0 Å². The minimum absolute atomic E-state index is 0.889. The van der Waals surface area contributed by atoms with E-state index in [0.29, 0.717) is 0 Å². The van der Waals surface area contributed by atoms with E-state index in [9.17, 15) is 0 Å². The molecule has 2 heterocycles. The second kappa shape index (κ2) is 10.5. The lowest BCUT2D eigenvalue weighted by Gasteiger charge is -2.28. The fourth-order valence-corrected chi connectivity index (χ4v) is 8.24. The van der Waals surface area contributed by atoms with Crippen LogP contribution in [0.5, 0.6) is 0 Å². The Balaban J connectivity index is 1.14. The van der Waals surface area contributed by atoms with Crippen LogP contribution in [0.4, 0.5) is 17.1 Å². The maximum Gasteiger partial charge on any atom is 0.143 e. The van der Waals surface area contributed by atoms with Crippen LogP contribution in [0.3, 0.4) is 0 Å².